The van der Waals surface area contributed by atoms with Crippen molar-refractivity contribution in [2.24, 2.45) is 11.8 Å². The average molecular weight is 423 g/mol. The van der Waals surface area contributed by atoms with Crippen LogP contribution in [-0.2, 0) is 28.9 Å². The second-order valence-corrected chi connectivity index (χ2v) is 14.4. The van der Waals surface area contributed by atoms with Gasteiger partial charge in [0.05, 0.1) is 17.4 Å². The predicted octanol–water partition coefficient (Wildman–Crippen LogP) is 0.583. The molecule has 2 fully saturated rings. The van der Waals surface area contributed by atoms with Crippen LogP contribution in [0.2, 0.25) is 0 Å². The molecule has 27 heavy (non-hydrogen) atoms. The number of rotatable bonds is 3. The maximum atomic E-state index is 11.4. The van der Waals surface area contributed by atoms with Crippen molar-refractivity contribution in [1.29, 1.82) is 0 Å². The fourth-order valence-corrected chi connectivity index (χ4v) is 6.13. The quantitative estimate of drug-likeness (QED) is 0.647. The summed E-state index contributed by atoms with van der Waals surface area (Å²) in [6, 6.07) is 0. The van der Waals surface area contributed by atoms with Crippen LogP contribution in [0.25, 0.3) is 0 Å². The summed E-state index contributed by atoms with van der Waals surface area (Å²) in [6.07, 6.45) is 0.490. The van der Waals surface area contributed by atoms with Gasteiger partial charge in [0, 0.05) is 29.0 Å². The standard InChI is InChI=1S/C10H19NO2S.C8H15NO3S/c1-10(2,3)11-9(12)5-8-6-14(4,13)7-8;1-8(2,3)9-7(10)6-4-13(11,12)5-6/h8H,4-7H2,1-3H3,(H,11,12);6H,4-5H2,1-3H3,(H,9,10). The number of carbonyl (C=O) groups excluding carboxylic acids is 2. The summed E-state index contributed by atoms with van der Waals surface area (Å²) in [6.45, 7) is 11.5. The molecule has 2 aliphatic heterocycles. The Bertz CT molecular complexity index is 748. The molecule has 158 valence electrons. The molecule has 0 aromatic heterocycles. The molecule has 2 rings (SSSR count). The minimum atomic E-state index is -2.89. The highest BCUT2D eigenvalue weighted by atomic mass is 32.2. The predicted molar refractivity (Wildman–Crippen MR) is 111 cm³/mol. The van der Waals surface area contributed by atoms with E-state index in [2.05, 4.69) is 16.5 Å². The van der Waals surface area contributed by atoms with Crippen LogP contribution in [0.15, 0.2) is 0 Å². The van der Waals surface area contributed by atoms with E-state index in [-0.39, 0.29) is 46.2 Å². The van der Waals surface area contributed by atoms with Crippen molar-refractivity contribution >= 4 is 37.0 Å². The first-order chi connectivity index (χ1) is 11.9. The van der Waals surface area contributed by atoms with Gasteiger partial charge in [-0.05, 0) is 62.9 Å². The Morgan fingerprint density at radius 2 is 1.33 bits per heavy atom. The van der Waals surface area contributed by atoms with Gasteiger partial charge in [0.25, 0.3) is 0 Å². The van der Waals surface area contributed by atoms with Gasteiger partial charge in [-0.15, -0.1) is 0 Å². The minimum Gasteiger partial charge on any atom is -0.351 e. The van der Waals surface area contributed by atoms with Crippen molar-refractivity contribution in [1.82, 2.24) is 10.6 Å². The number of sulfone groups is 1. The van der Waals surface area contributed by atoms with E-state index in [0.29, 0.717) is 17.9 Å². The van der Waals surface area contributed by atoms with Crippen molar-refractivity contribution in [3.63, 3.8) is 0 Å². The maximum Gasteiger partial charge on any atom is 0.225 e. The van der Waals surface area contributed by atoms with Gasteiger partial charge in [-0.2, -0.15) is 0 Å². The summed E-state index contributed by atoms with van der Waals surface area (Å²) in [5.74, 6) is 4.71. The van der Waals surface area contributed by atoms with Crippen LogP contribution in [0.1, 0.15) is 48.0 Å². The largest absolute Gasteiger partial charge is 0.351 e. The number of hydrogen-bond acceptors (Lipinski definition) is 5. The number of carbonyl (C=O) groups is 2. The Balaban J connectivity index is 0.000000271. The molecule has 0 aromatic carbocycles. The van der Waals surface area contributed by atoms with Crippen molar-refractivity contribution in [2.75, 3.05) is 23.0 Å². The molecule has 0 saturated carbocycles. The lowest BCUT2D eigenvalue weighted by Crippen LogP contribution is -2.51. The highest BCUT2D eigenvalue weighted by Crippen LogP contribution is 2.21. The SMILES string of the molecule is C=S1(=O)CC(CC(=O)NC(C)(C)C)C1.CC(C)(C)NC(=O)C1CS(=O)(=O)C1. The lowest BCUT2D eigenvalue weighted by atomic mass is 10.1. The van der Waals surface area contributed by atoms with E-state index in [9.17, 15) is 22.2 Å². The Labute approximate surface area is 164 Å². The lowest BCUT2D eigenvalue weighted by Gasteiger charge is -2.30. The van der Waals surface area contributed by atoms with E-state index in [0.717, 1.165) is 0 Å². The minimum absolute atomic E-state index is 0.00884. The van der Waals surface area contributed by atoms with E-state index in [1.807, 2.05) is 41.5 Å². The summed E-state index contributed by atoms with van der Waals surface area (Å²) in [7, 11) is -4.69. The van der Waals surface area contributed by atoms with Crippen LogP contribution < -0.4 is 10.6 Å². The molecule has 0 atom stereocenters. The molecule has 7 nitrogen and oxygen atoms in total. The van der Waals surface area contributed by atoms with Gasteiger partial charge in [-0.25, -0.2) is 8.42 Å². The fraction of sp³-hybridized carbons (Fsp3) is 0.833. The van der Waals surface area contributed by atoms with Crippen LogP contribution in [-0.4, -0.2) is 64.4 Å². The van der Waals surface area contributed by atoms with Crippen LogP contribution in [0.5, 0.6) is 0 Å². The molecule has 0 spiro atoms. The van der Waals surface area contributed by atoms with E-state index in [1.165, 1.54) is 0 Å². The Morgan fingerprint density at radius 1 is 0.889 bits per heavy atom. The van der Waals surface area contributed by atoms with Gasteiger partial charge in [0.2, 0.25) is 11.8 Å². The van der Waals surface area contributed by atoms with Crippen LogP contribution in [0.4, 0.5) is 0 Å². The Hall–Kier alpha value is -1.09. The molecular formula is C18H34N2O5S2. The van der Waals surface area contributed by atoms with Gasteiger partial charge in [-0.1, -0.05) is 0 Å². The maximum absolute atomic E-state index is 11.4. The molecule has 2 amide bonds. The van der Waals surface area contributed by atoms with Crippen LogP contribution in [0.3, 0.4) is 0 Å². The molecule has 9 heteroatoms. The third-order valence-corrected chi connectivity index (χ3v) is 7.82. The second-order valence-electron chi connectivity index (χ2n) is 9.68. The first-order valence-corrected chi connectivity index (χ1v) is 12.9. The third-order valence-electron chi connectivity index (χ3n) is 3.85. The van der Waals surface area contributed by atoms with E-state index >= 15 is 0 Å². The van der Waals surface area contributed by atoms with Crippen molar-refractivity contribution in [2.45, 2.75) is 59.0 Å². The lowest BCUT2D eigenvalue weighted by molar-refractivity contribution is -0.125. The van der Waals surface area contributed by atoms with Gasteiger partial charge in [0.15, 0.2) is 9.84 Å². The van der Waals surface area contributed by atoms with E-state index in [1.54, 1.807) is 0 Å². The molecule has 0 aliphatic carbocycles. The Morgan fingerprint density at radius 3 is 1.67 bits per heavy atom. The zero-order chi connectivity index (χ0) is 21.3. The number of hydrogen-bond donors (Lipinski definition) is 2. The van der Waals surface area contributed by atoms with Crippen LogP contribution >= 0.6 is 0 Å². The molecule has 0 radical (unpaired) electrons. The highest BCUT2D eigenvalue weighted by Gasteiger charge is 2.39. The fourth-order valence-electron chi connectivity index (χ4n) is 2.85. The van der Waals surface area contributed by atoms with Crippen molar-refractivity contribution < 1.29 is 22.2 Å². The topological polar surface area (TPSA) is 109 Å². The normalized spacial score (nSPS) is 27.3. The second kappa shape index (κ2) is 8.11. The monoisotopic (exact) mass is 422 g/mol. The van der Waals surface area contributed by atoms with E-state index in [4.69, 9.17) is 0 Å². The molecule has 2 saturated heterocycles. The van der Waals surface area contributed by atoms with Crippen LogP contribution in [0, 0.1) is 11.8 Å². The molecule has 0 bridgehead atoms. The van der Waals surface area contributed by atoms with Crippen molar-refractivity contribution in [3.05, 3.63) is 0 Å². The summed E-state index contributed by atoms with van der Waals surface area (Å²) < 4.78 is 32.9. The first-order valence-electron chi connectivity index (χ1n) is 9.04. The van der Waals surface area contributed by atoms with Crippen molar-refractivity contribution in [3.8, 4) is 0 Å². The van der Waals surface area contributed by atoms with Gasteiger partial charge < -0.3 is 10.6 Å². The average Bonchev–Trinajstić information content (AvgIpc) is 2.29. The van der Waals surface area contributed by atoms with Gasteiger partial charge in [-0.3, -0.25) is 13.8 Å². The highest BCUT2D eigenvalue weighted by molar-refractivity contribution is 8.01. The van der Waals surface area contributed by atoms with Gasteiger partial charge >= 0.3 is 0 Å². The van der Waals surface area contributed by atoms with E-state index < -0.39 is 19.4 Å². The first kappa shape index (κ1) is 23.9. The molecule has 2 N–H and O–H groups in total. The third kappa shape index (κ3) is 9.60. The smallest absolute Gasteiger partial charge is 0.225 e. The molecule has 0 unspecified atom stereocenters. The van der Waals surface area contributed by atoms with Gasteiger partial charge in [0.1, 0.15) is 0 Å². The summed E-state index contributed by atoms with van der Waals surface area (Å²) in [5.41, 5.74) is -0.455. The summed E-state index contributed by atoms with van der Waals surface area (Å²) >= 11 is 0. The zero-order valence-electron chi connectivity index (χ0n) is 17.3. The molecule has 0 aromatic rings. The molecule has 2 heterocycles. The summed E-state index contributed by atoms with van der Waals surface area (Å²) in [4.78, 5) is 22.8. The number of nitrogens with one attached hydrogen (secondary N) is 2. The molecular weight excluding hydrogens is 388 g/mol. The zero-order valence-corrected chi connectivity index (χ0v) is 18.9. The summed E-state index contributed by atoms with van der Waals surface area (Å²) in [5, 5.41) is 5.65. The molecule has 2 aliphatic rings. The number of amides is 2. The Kier molecular flexibility index (Phi) is 7.19.